The summed E-state index contributed by atoms with van der Waals surface area (Å²) >= 11 is 1.33. The Kier molecular flexibility index (Phi) is 7.98. The molecule has 1 aliphatic carbocycles. The van der Waals surface area contributed by atoms with Crippen LogP contribution in [0.4, 0.5) is 4.79 Å². The van der Waals surface area contributed by atoms with Gasteiger partial charge in [0.15, 0.2) is 11.0 Å². The predicted molar refractivity (Wildman–Crippen MR) is 129 cm³/mol. The van der Waals surface area contributed by atoms with Crippen molar-refractivity contribution in [2.45, 2.75) is 76.9 Å². The second-order valence-corrected chi connectivity index (χ2v) is 10.8. The summed E-state index contributed by atoms with van der Waals surface area (Å²) in [6.07, 6.45) is 4.54. The lowest BCUT2D eigenvalue weighted by molar-refractivity contribution is -0.117. The van der Waals surface area contributed by atoms with Crippen molar-refractivity contribution in [2.24, 2.45) is 5.92 Å². The minimum absolute atomic E-state index is 0.0908. The number of urea groups is 1. The maximum Gasteiger partial charge on any atom is 0.321 e. The van der Waals surface area contributed by atoms with E-state index in [2.05, 4.69) is 70.4 Å². The van der Waals surface area contributed by atoms with E-state index in [-0.39, 0.29) is 17.1 Å². The number of aromatic nitrogens is 3. The van der Waals surface area contributed by atoms with E-state index in [1.807, 2.05) is 13.8 Å². The van der Waals surface area contributed by atoms with Crippen LogP contribution in [0.3, 0.4) is 0 Å². The van der Waals surface area contributed by atoms with Crippen molar-refractivity contribution in [3.8, 4) is 11.4 Å². The quantitative estimate of drug-likeness (QED) is 0.576. The van der Waals surface area contributed by atoms with Crippen LogP contribution in [0.1, 0.15) is 71.9 Å². The Balaban J connectivity index is 1.74. The number of carbonyl (C=O) groups is 2. The zero-order valence-corrected chi connectivity index (χ0v) is 20.6. The first kappa shape index (κ1) is 24.3. The Bertz CT molecular complexity index is 925. The van der Waals surface area contributed by atoms with Crippen molar-refractivity contribution >= 4 is 23.7 Å². The van der Waals surface area contributed by atoms with Crippen LogP contribution < -0.4 is 10.6 Å². The van der Waals surface area contributed by atoms with Gasteiger partial charge in [-0.2, -0.15) is 0 Å². The smallest absolute Gasteiger partial charge is 0.321 e. The second kappa shape index (κ2) is 10.5. The number of imide groups is 1. The molecule has 3 rings (SSSR count). The fourth-order valence-corrected chi connectivity index (χ4v) is 4.62. The van der Waals surface area contributed by atoms with Crippen molar-refractivity contribution in [3.63, 3.8) is 0 Å². The standard InChI is InChI=1S/C24H35N5O2S/c1-16(2)14-25-22(31)26-20(30)15-32-23-28-27-21(29(23)19-8-6-7-9-19)17-10-12-18(13-11-17)24(3,4)5/h10-13,16,19H,6-9,14-15H2,1-5H3,(H2,25,26,30,31). The largest absolute Gasteiger partial charge is 0.338 e. The number of nitrogens with zero attached hydrogens (tertiary/aromatic N) is 3. The van der Waals surface area contributed by atoms with Gasteiger partial charge in [0.1, 0.15) is 0 Å². The lowest BCUT2D eigenvalue weighted by Crippen LogP contribution is -2.41. The van der Waals surface area contributed by atoms with Gasteiger partial charge < -0.3 is 5.32 Å². The molecular formula is C24H35N5O2S. The number of hydrogen-bond donors (Lipinski definition) is 2. The average Bonchev–Trinajstić information content (AvgIpc) is 3.39. The van der Waals surface area contributed by atoms with E-state index in [1.165, 1.54) is 30.2 Å². The third-order valence-electron chi connectivity index (χ3n) is 5.62. The second-order valence-electron chi connectivity index (χ2n) is 9.88. The summed E-state index contributed by atoms with van der Waals surface area (Å²) < 4.78 is 2.19. The summed E-state index contributed by atoms with van der Waals surface area (Å²) in [5, 5.41) is 14.7. The zero-order valence-electron chi connectivity index (χ0n) is 19.8. The first-order chi connectivity index (χ1) is 15.1. The number of amides is 3. The van der Waals surface area contributed by atoms with Gasteiger partial charge in [-0.1, -0.05) is 83.5 Å². The Hall–Kier alpha value is -2.35. The van der Waals surface area contributed by atoms with Crippen LogP contribution in [0.5, 0.6) is 0 Å². The summed E-state index contributed by atoms with van der Waals surface area (Å²) in [4.78, 5) is 24.1. The summed E-state index contributed by atoms with van der Waals surface area (Å²) in [5.74, 6) is 0.942. The number of benzene rings is 1. The highest BCUT2D eigenvalue weighted by Crippen LogP contribution is 2.37. The number of thioether (sulfide) groups is 1. The highest BCUT2D eigenvalue weighted by atomic mass is 32.2. The van der Waals surface area contributed by atoms with Gasteiger partial charge in [-0.15, -0.1) is 10.2 Å². The highest BCUT2D eigenvalue weighted by Gasteiger charge is 2.26. The first-order valence-electron chi connectivity index (χ1n) is 11.4. The van der Waals surface area contributed by atoms with E-state index in [9.17, 15) is 9.59 Å². The van der Waals surface area contributed by atoms with Crippen molar-refractivity contribution in [3.05, 3.63) is 29.8 Å². The molecule has 0 unspecified atom stereocenters. The van der Waals surface area contributed by atoms with Gasteiger partial charge in [0.25, 0.3) is 0 Å². The van der Waals surface area contributed by atoms with Gasteiger partial charge in [-0.3, -0.25) is 14.7 Å². The summed E-state index contributed by atoms with van der Waals surface area (Å²) in [5.41, 5.74) is 2.39. The van der Waals surface area contributed by atoms with E-state index in [0.717, 1.165) is 29.4 Å². The molecule has 8 heteroatoms. The minimum Gasteiger partial charge on any atom is -0.338 e. The molecule has 2 aromatic rings. The van der Waals surface area contributed by atoms with E-state index < -0.39 is 6.03 Å². The number of carbonyl (C=O) groups excluding carboxylic acids is 2. The van der Waals surface area contributed by atoms with Gasteiger partial charge in [-0.05, 0) is 29.7 Å². The fourth-order valence-electron chi connectivity index (χ4n) is 3.82. The van der Waals surface area contributed by atoms with E-state index in [0.29, 0.717) is 18.5 Å². The molecule has 174 valence electrons. The van der Waals surface area contributed by atoms with Crippen LogP contribution in [-0.4, -0.2) is 39.0 Å². The Morgan fingerprint density at radius 3 is 2.38 bits per heavy atom. The molecule has 32 heavy (non-hydrogen) atoms. The summed E-state index contributed by atoms with van der Waals surface area (Å²) in [6.45, 7) is 11.1. The molecule has 1 aliphatic rings. The van der Waals surface area contributed by atoms with Crippen molar-refractivity contribution in [2.75, 3.05) is 12.3 Å². The molecule has 1 saturated carbocycles. The van der Waals surface area contributed by atoms with Crippen LogP contribution >= 0.6 is 11.8 Å². The molecule has 7 nitrogen and oxygen atoms in total. The molecular weight excluding hydrogens is 422 g/mol. The molecule has 0 spiro atoms. The number of rotatable bonds is 7. The van der Waals surface area contributed by atoms with Gasteiger partial charge in [0.2, 0.25) is 5.91 Å². The number of hydrogen-bond acceptors (Lipinski definition) is 5. The highest BCUT2D eigenvalue weighted by molar-refractivity contribution is 7.99. The van der Waals surface area contributed by atoms with E-state index in [4.69, 9.17) is 0 Å². The molecule has 0 bridgehead atoms. The van der Waals surface area contributed by atoms with Crippen LogP contribution in [0.25, 0.3) is 11.4 Å². The summed E-state index contributed by atoms with van der Waals surface area (Å²) in [6, 6.07) is 8.40. The average molecular weight is 458 g/mol. The lowest BCUT2D eigenvalue weighted by atomic mass is 9.86. The molecule has 1 heterocycles. The minimum atomic E-state index is -0.457. The first-order valence-corrected chi connectivity index (χ1v) is 12.4. The Morgan fingerprint density at radius 1 is 1.12 bits per heavy atom. The van der Waals surface area contributed by atoms with Gasteiger partial charge in [-0.25, -0.2) is 4.79 Å². The molecule has 0 radical (unpaired) electrons. The Labute approximate surface area is 195 Å². The normalized spacial score (nSPS) is 14.7. The molecule has 1 aromatic carbocycles. The third kappa shape index (κ3) is 6.34. The van der Waals surface area contributed by atoms with Gasteiger partial charge in [0.05, 0.1) is 5.75 Å². The van der Waals surface area contributed by atoms with Crippen molar-refractivity contribution in [1.82, 2.24) is 25.4 Å². The fraction of sp³-hybridized carbons (Fsp3) is 0.583. The van der Waals surface area contributed by atoms with Gasteiger partial charge >= 0.3 is 6.03 Å². The van der Waals surface area contributed by atoms with E-state index in [1.54, 1.807) is 0 Å². The maximum absolute atomic E-state index is 12.3. The van der Waals surface area contributed by atoms with Crippen LogP contribution in [0.2, 0.25) is 0 Å². The third-order valence-corrected chi connectivity index (χ3v) is 6.56. The number of nitrogens with one attached hydrogen (secondary N) is 2. The lowest BCUT2D eigenvalue weighted by Gasteiger charge is -2.20. The summed E-state index contributed by atoms with van der Waals surface area (Å²) in [7, 11) is 0. The molecule has 2 N–H and O–H groups in total. The molecule has 1 aromatic heterocycles. The van der Waals surface area contributed by atoms with E-state index >= 15 is 0 Å². The van der Waals surface area contributed by atoms with Crippen LogP contribution in [-0.2, 0) is 10.2 Å². The molecule has 0 aliphatic heterocycles. The predicted octanol–water partition coefficient (Wildman–Crippen LogP) is 4.93. The molecule has 3 amide bonds. The van der Waals surface area contributed by atoms with Crippen LogP contribution in [0, 0.1) is 5.92 Å². The maximum atomic E-state index is 12.3. The Morgan fingerprint density at radius 2 is 1.78 bits per heavy atom. The SMILES string of the molecule is CC(C)CNC(=O)NC(=O)CSc1nnc(-c2ccc(C(C)(C)C)cc2)n1C1CCCC1. The topological polar surface area (TPSA) is 88.9 Å². The monoisotopic (exact) mass is 457 g/mol. The molecule has 0 atom stereocenters. The van der Waals surface area contributed by atoms with Gasteiger partial charge in [0, 0.05) is 18.2 Å². The molecule has 0 saturated heterocycles. The molecule has 1 fully saturated rings. The van der Waals surface area contributed by atoms with Crippen molar-refractivity contribution < 1.29 is 9.59 Å². The zero-order chi connectivity index (χ0) is 23.3. The van der Waals surface area contributed by atoms with Crippen molar-refractivity contribution in [1.29, 1.82) is 0 Å². The van der Waals surface area contributed by atoms with Crippen LogP contribution in [0.15, 0.2) is 29.4 Å².